The van der Waals surface area contributed by atoms with Gasteiger partial charge < -0.3 is 10.5 Å². The summed E-state index contributed by atoms with van der Waals surface area (Å²) >= 11 is 1.41. The topological polar surface area (TPSA) is 90.1 Å². The zero-order chi connectivity index (χ0) is 17.0. The van der Waals surface area contributed by atoms with Crippen molar-refractivity contribution in [2.45, 2.75) is 26.2 Å². The first-order valence-electron chi connectivity index (χ1n) is 8.08. The summed E-state index contributed by atoms with van der Waals surface area (Å²) in [5, 5.41) is 12.6. The summed E-state index contributed by atoms with van der Waals surface area (Å²) in [7, 11) is 0. The molecule has 1 aliphatic heterocycles. The number of anilines is 1. The number of carbonyl (C=O) groups is 1. The van der Waals surface area contributed by atoms with E-state index in [-0.39, 0.29) is 5.91 Å². The van der Waals surface area contributed by atoms with E-state index in [4.69, 9.17) is 10.5 Å². The van der Waals surface area contributed by atoms with E-state index < -0.39 is 5.41 Å². The lowest BCUT2D eigenvalue weighted by atomic mass is 9.79. The van der Waals surface area contributed by atoms with Gasteiger partial charge in [-0.2, -0.15) is 0 Å². The fourth-order valence-corrected chi connectivity index (χ4v) is 3.54. The number of ether oxygens (including phenoxy) is 1. The van der Waals surface area contributed by atoms with E-state index in [9.17, 15) is 4.79 Å². The number of nitrogens with two attached hydrogens (primary N) is 1. The molecule has 0 atom stereocenters. The lowest BCUT2D eigenvalue weighted by molar-refractivity contribution is -0.130. The maximum atomic E-state index is 12.6. The number of amides is 1. The fourth-order valence-electron chi connectivity index (χ4n) is 2.77. The Hall–Kier alpha value is -1.83. The lowest BCUT2D eigenvalue weighted by Gasteiger charge is -2.34. The van der Waals surface area contributed by atoms with Crippen LogP contribution in [0.5, 0.6) is 0 Å². The molecule has 1 aliphatic rings. The van der Waals surface area contributed by atoms with Crippen molar-refractivity contribution < 1.29 is 9.53 Å². The van der Waals surface area contributed by atoms with Crippen LogP contribution in [0.15, 0.2) is 24.3 Å². The number of nitrogens with one attached hydrogen (secondary N) is 1. The number of carbonyl (C=O) groups excluding carboxylic acids is 1. The highest BCUT2D eigenvalue weighted by atomic mass is 32.1. The molecule has 0 unspecified atom stereocenters. The van der Waals surface area contributed by atoms with Gasteiger partial charge in [0.25, 0.3) is 0 Å². The molecule has 1 saturated heterocycles. The monoisotopic (exact) mass is 346 g/mol. The van der Waals surface area contributed by atoms with Crippen molar-refractivity contribution in [3.63, 3.8) is 0 Å². The molecule has 1 amide bonds. The van der Waals surface area contributed by atoms with Crippen LogP contribution in [-0.4, -0.2) is 35.9 Å². The van der Waals surface area contributed by atoms with Crippen LogP contribution < -0.4 is 11.1 Å². The molecule has 1 aromatic heterocycles. The Morgan fingerprint density at radius 2 is 2.00 bits per heavy atom. The second-order valence-corrected chi connectivity index (χ2v) is 7.28. The summed E-state index contributed by atoms with van der Waals surface area (Å²) in [6.07, 6.45) is 2.00. The molecule has 0 radical (unpaired) electrons. The summed E-state index contributed by atoms with van der Waals surface area (Å²) in [6, 6.07) is 8.32. The molecular weight excluding hydrogens is 324 g/mol. The Bertz CT molecular complexity index is 693. The van der Waals surface area contributed by atoms with Crippen LogP contribution in [0.3, 0.4) is 0 Å². The predicted molar refractivity (Wildman–Crippen MR) is 94.1 cm³/mol. The van der Waals surface area contributed by atoms with E-state index >= 15 is 0 Å². The average Bonchev–Trinajstić information content (AvgIpc) is 3.04. The number of aryl methyl sites for hydroxylation is 1. The molecule has 0 bridgehead atoms. The van der Waals surface area contributed by atoms with Crippen LogP contribution >= 0.6 is 11.3 Å². The first kappa shape index (κ1) is 17.0. The third kappa shape index (κ3) is 3.80. The Balaban J connectivity index is 1.65. The molecule has 1 aromatic carbocycles. The summed E-state index contributed by atoms with van der Waals surface area (Å²) < 4.78 is 5.34. The largest absolute Gasteiger partial charge is 0.381 e. The van der Waals surface area contributed by atoms with Crippen LogP contribution in [-0.2, 0) is 16.0 Å². The summed E-state index contributed by atoms with van der Waals surface area (Å²) in [6.45, 7) is 3.52. The molecule has 7 heteroatoms. The van der Waals surface area contributed by atoms with Crippen molar-refractivity contribution in [1.82, 2.24) is 10.2 Å². The van der Waals surface area contributed by atoms with Gasteiger partial charge in [0, 0.05) is 26.2 Å². The van der Waals surface area contributed by atoms with Crippen molar-refractivity contribution in [2.75, 3.05) is 25.1 Å². The third-order valence-corrected chi connectivity index (χ3v) is 5.32. The van der Waals surface area contributed by atoms with Gasteiger partial charge in [-0.25, -0.2) is 0 Å². The maximum absolute atomic E-state index is 12.6. The van der Waals surface area contributed by atoms with Crippen LogP contribution in [0.4, 0.5) is 5.13 Å². The van der Waals surface area contributed by atoms with Gasteiger partial charge in [0.1, 0.15) is 5.01 Å². The predicted octanol–water partition coefficient (Wildman–Crippen LogP) is 2.13. The highest BCUT2D eigenvalue weighted by molar-refractivity contribution is 7.15. The van der Waals surface area contributed by atoms with Crippen LogP contribution in [0.2, 0.25) is 0 Å². The van der Waals surface area contributed by atoms with Gasteiger partial charge in [-0.1, -0.05) is 41.2 Å². The van der Waals surface area contributed by atoms with Gasteiger partial charge in [-0.3, -0.25) is 10.1 Å². The molecule has 6 nitrogen and oxygen atoms in total. The highest BCUT2D eigenvalue weighted by Gasteiger charge is 2.39. The van der Waals surface area contributed by atoms with E-state index in [1.54, 1.807) is 0 Å². The van der Waals surface area contributed by atoms with E-state index in [1.807, 2.05) is 0 Å². The molecule has 0 saturated carbocycles. The second kappa shape index (κ2) is 7.38. The zero-order valence-electron chi connectivity index (χ0n) is 13.7. The molecule has 3 N–H and O–H groups in total. The van der Waals surface area contributed by atoms with Crippen molar-refractivity contribution in [1.29, 1.82) is 0 Å². The van der Waals surface area contributed by atoms with Gasteiger partial charge in [-0.05, 0) is 25.3 Å². The summed E-state index contributed by atoms with van der Waals surface area (Å²) in [4.78, 5) is 12.6. The average molecular weight is 346 g/mol. The molecular formula is C17H22N4O2S. The lowest BCUT2D eigenvalue weighted by Crippen LogP contribution is -2.46. The molecule has 0 aliphatic carbocycles. The van der Waals surface area contributed by atoms with E-state index in [0.29, 0.717) is 44.2 Å². The van der Waals surface area contributed by atoms with Crippen molar-refractivity contribution in [3.8, 4) is 0 Å². The van der Waals surface area contributed by atoms with Gasteiger partial charge in [0.2, 0.25) is 11.0 Å². The minimum atomic E-state index is -0.555. The quantitative estimate of drug-likeness (QED) is 0.865. The number of benzene rings is 1. The standard InChI is InChI=1S/C17H22N4O2S/c1-12-2-4-13(5-3-12)10-14-20-21-16(24-14)19-15(22)17(11-18)6-8-23-9-7-17/h2-5H,6-11,18H2,1H3,(H,19,21,22). The third-order valence-electron chi connectivity index (χ3n) is 4.49. The molecule has 128 valence electrons. The van der Waals surface area contributed by atoms with Gasteiger partial charge in [0.05, 0.1) is 5.41 Å². The maximum Gasteiger partial charge on any atom is 0.233 e. The summed E-state index contributed by atoms with van der Waals surface area (Å²) in [5.41, 5.74) is 7.72. The first-order chi connectivity index (χ1) is 11.6. The van der Waals surface area contributed by atoms with Crippen molar-refractivity contribution in [2.24, 2.45) is 11.1 Å². The number of hydrogen-bond donors (Lipinski definition) is 2. The Morgan fingerprint density at radius 1 is 1.29 bits per heavy atom. The minimum Gasteiger partial charge on any atom is -0.381 e. The molecule has 2 aromatic rings. The van der Waals surface area contributed by atoms with E-state index in [1.165, 1.54) is 22.5 Å². The Morgan fingerprint density at radius 3 is 2.67 bits per heavy atom. The van der Waals surface area contributed by atoms with Crippen molar-refractivity contribution in [3.05, 3.63) is 40.4 Å². The molecule has 0 spiro atoms. The first-order valence-corrected chi connectivity index (χ1v) is 8.90. The fraction of sp³-hybridized carbons (Fsp3) is 0.471. The van der Waals surface area contributed by atoms with Crippen molar-refractivity contribution >= 4 is 22.4 Å². The van der Waals surface area contributed by atoms with Gasteiger partial charge >= 0.3 is 0 Å². The number of rotatable bonds is 5. The molecule has 1 fully saturated rings. The van der Waals surface area contributed by atoms with Gasteiger partial charge in [-0.15, -0.1) is 10.2 Å². The minimum absolute atomic E-state index is 0.0775. The van der Waals surface area contributed by atoms with Crippen LogP contribution in [0, 0.1) is 12.3 Å². The van der Waals surface area contributed by atoms with E-state index in [2.05, 4.69) is 46.7 Å². The molecule has 3 rings (SSSR count). The number of aromatic nitrogens is 2. The summed E-state index contributed by atoms with van der Waals surface area (Å²) in [5.74, 6) is -0.0775. The van der Waals surface area contributed by atoms with Gasteiger partial charge in [0.15, 0.2) is 0 Å². The second-order valence-electron chi connectivity index (χ2n) is 6.21. The van der Waals surface area contributed by atoms with Crippen LogP contribution in [0.1, 0.15) is 29.0 Å². The zero-order valence-corrected chi connectivity index (χ0v) is 14.6. The highest BCUT2D eigenvalue weighted by Crippen LogP contribution is 2.31. The SMILES string of the molecule is Cc1ccc(Cc2nnc(NC(=O)C3(CN)CCOCC3)s2)cc1. The normalized spacial score (nSPS) is 16.8. The Labute approximate surface area is 145 Å². The number of nitrogens with zero attached hydrogens (tertiary/aromatic N) is 2. The smallest absolute Gasteiger partial charge is 0.233 e. The van der Waals surface area contributed by atoms with Crippen LogP contribution in [0.25, 0.3) is 0 Å². The number of hydrogen-bond acceptors (Lipinski definition) is 6. The Kier molecular flexibility index (Phi) is 5.23. The molecule has 24 heavy (non-hydrogen) atoms. The van der Waals surface area contributed by atoms with E-state index in [0.717, 1.165) is 5.01 Å². The molecule has 2 heterocycles.